The van der Waals surface area contributed by atoms with Crippen LogP contribution in [-0.2, 0) is 11.3 Å². The van der Waals surface area contributed by atoms with Crippen molar-refractivity contribution in [1.29, 1.82) is 0 Å². The summed E-state index contributed by atoms with van der Waals surface area (Å²) in [6.45, 7) is 2.58. The van der Waals surface area contributed by atoms with Crippen LogP contribution in [0.3, 0.4) is 0 Å². The molecule has 1 saturated heterocycles. The third-order valence-corrected chi connectivity index (χ3v) is 3.91. The molecule has 2 N–H and O–H groups in total. The molecule has 0 spiro atoms. The number of hydrogen-bond donors (Lipinski definition) is 2. The summed E-state index contributed by atoms with van der Waals surface area (Å²) >= 11 is 0. The van der Waals surface area contributed by atoms with Crippen LogP contribution in [-0.4, -0.2) is 33.2 Å². The minimum Gasteiger partial charge on any atom is -0.497 e. The van der Waals surface area contributed by atoms with Gasteiger partial charge in [0, 0.05) is 18.5 Å². The number of carbonyl (C=O) groups is 1. The summed E-state index contributed by atoms with van der Waals surface area (Å²) < 4.78 is 10.5. The quantitative estimate of drug-likeness (QED) is 0.805. The Labute approximate surface area is 138 Å². The topological polar surface area (TPSA) is 59.6 Å². The van der Waals surface area contributed by atoms with Gasteiger partial charge in [-0.25, -0.2) is 0 Å². The van der Waals surface area contributed by atoms with E-state index in [1.807, 2.05) is 18.2 Å². The van der Waals surface area contributed by atoms with Crippen molar-refractivity contribution >= 4 is 18.3 Å². The number of carbonyl (C=O) groups excluding carboxylic acids is 1. The van der Waals surface area contributed by atoms with Gasteiger partial charge in [-0.05, 0) is 50.0 Å². The molecule has 1 aromatic rings. The Balaban J connectivity index is 0.00000242. The predicted molar refractivity (Wildman–Crippen MR) is 88.9 cm³/mol. The Morgan fingerprint density at radius 3 is 2.82 bits per heavy atom. The average molecular weight is 329 g/mol. The van der Waals surface area contributed by atoms with E-state index in [0.29, 0.717) is 18.9 Å². The molecule has 1 aromatic carbocycles. The van der Waals surface area contributed by atoms with Crippen molar-refractivity contribution in [3.05, 3.63) is 23.8 Å². The second-order valence-electron chi connectivity index (χ2n) is 5.35. The molecule has 6 heteroatoms. The maximum Gasteiger partial charge on any atom is 0.220 e. The lowest BCUT2D eigenvalue weighted by Gasteiger charge is -2.12. The summed E-state index contributed by atoms with van der Waals surface area (Å²) in [6.07, 6.45) is 2.71. The number of rotatable bonds is 7. The van der Waals surface area contributed by atoms with E-state index in [1.165, 1.54) is 6.42 Å². The molecule has 124 valence electrons. The van der Waals surface area contributed by atoms with Gasteiger partial charge in [0.1, 0.15) is 11.5 Å². The van der Waals surface area contributed by atoms with E-state index in [2.05, 4.69) is 10.6 Å². The third-order valence-electron chi connectivity index (χ3n) is 3.91. The van der Waals surface area contributed by atoms with Gasteiger partial charge in [-0.15, -0.1) is 12.4 Å². The van der Waals surface area contributed by atoms with E-state index in [4.69, 9.17) is 9.47 Å². The molecule has 2 rings (SSSR count). The Bertz CT molecular complexity index is 476. The second kappa shape index (κ2) is 9.54. The number of amides is 1. The highest BCUT2D eigenvalue weighted by Crippen LogP contribution is 2.23. The molecule has 0 bridgehead atoms. The molecule has 1 heterocycles. The van der Waals surface area contributed by atoms with Crippen LogP contribution in [0.5, 0.6) is 11.5 Å². The van der Waals surface area contributed by atoms with Gasteiger partial charge in [-0.2, -0.15) is 0 Å². The summed E-state index contributed by atoms with van der Waals surface area (Å²) in [5.41, 5.74) is 0.924. The van der Waals surface area contributed by atoms with Gasteiger partial charge in [0.2, 0.25) is 5.91 Å². The minimum absolute atomic E-state index is 0. The summed E-state index contributed by atoms with van der Waals surface area (Å²) in [7, 11) is 3.25. The van der Waals surface area contributed by atoms with Crippen LogP contribution in [0.25, 0.3) is 0 Å². The highest BCUT2D eigenvalue weighted by molar-refractivity contribution is 5.85. The molecular weight excluding hydrogens is 304 g/mol. The maximum atomic E-state index is 11.9. The molecular formula is C16H25ClN2O3. The fraction of sp³-hybridized carbons (Fsp3) is 0.562. The van der Waals surface area contributed by atoms with Gasteiger partial charge < -0.3 is 20.1 Å². The Morgan fingerprint density at radius 1 is 1.36 bits per heavy atom. The van der Waals surface area contributed by atoms with Crippen molar-refractivity contribution in [2.24, 2.45) is 5.92 Å². The Morgan fingerprint density at radius 2 is 2.18 bits per heavy atom. The van der Waals surface area contributed by atoms with Crippen molar-refractivity contribution in [1.82, 2.24) is 10.6 Å². The van der Waals surface area contributed by atoms with Crippen molar-refractivity contribution in [3.63, 3.8) is 0 Å². The number of hydrogen-bond acceptors (Lipinski definition) is 4. The van der Waals surface area contributed by atoms with E-state index in [1.54, 1.807) is 14.2 Å². The number of methoxy groups -OCH3 is 2. The van der Waals surface area contributed by atoms with Crippen LogP contribution in [0.15, 0.2) is 18.2 Å². The molecule has 0 saturated carbocycles. The smallest absolute Gasteiger partial charge is 0.220 e. The zero-order valence-corrected chi connectivity index (χ0v) is 14.0. The molecule has 1 aliphatic rings. The fourth-order valence-electron chi connectivity index (χ4n) is 2.60. The highest BCUT2D eigenvalue weighted by Gasteiger charge is 2.15. The molecule has 1 fully saturated rings. The first-order valence-electron chi connectivity index (χ1n) is 7.41. The van der Waals surface area contributed by atoms with Crippen LogP contribution < -0.4 is 20.1 Å². The average Bonchev–Trinajstić information content (AvgIpc) is 3.04. The fourth-order valence-corrected chi connectivity index (χ4v) is 2.60. The van der Waals surface area contributed by atoms with Gasteiger partial charge in [0.15, 0.2) is 0 Å². The standard InChI is InChI=1S/C16H24N2O3.ClH/c1-20-14-4-5-15(21-2)13(9-14)11-18-16(19)6-3-12-7-8-17-10-12;/h4-5,9,12,17H,3,6-8,10-11H2,1-2H3,(H,18,19);1H. The number of benzene rings is 1. The number of nitrogens with one attached hydrogen (secondary N) is 2. The van der Waals surface area contributed by atoms with E-state index in [0.717, 1.165) is 36.6 Å². The predicted octanol–water partition coefficient (Wildman–Crippen LogP) is 2.13. The molecule has 5 nitrogen and oxygen atoms in total. The van der Waals surface area contributed by atoms with Crippen LogP contribution in [0.4, 0.5) is 0 Å². The SMILES string of the molecule is COc1ccc(OC)c(CNC(=O)CCC2CCNC2)c1.Cl. The van der Waals surface area contributed by atoms with Crippen LogP contribution >= 0.6 is 12.4 Å². The van der Waals surface area contributed by atoms with Gasteiger partial charge in [0.25, 0.3) is 0 Å². The summed E-state index contributed by atoms with van der Waals surface area (Å²) in [6, 6.07) is 5.59. The monoisotopic (exact) mass is 328 g/mol. The van der Waals surface area contributed by atoms with E-state index >= 15 is 0 Å². The van der Waals surface area contributed by atoms with Gasteiger partial charge in [0.05, 0.1) is 14.2 Å². The minimum atomic E-state index is 0. The third kappa shape index (κ3) is 5.39. The molecule has 1 amide bonds. The van der Waals surface area contributed by atoms with Crippen molar-refractivity contribution in [2.45, 2.75) is 25.8 Å². The summed E-state index contributed by atoms with van der Waals surface area (Å²) in [5, 5.41) is 6.27. The largest absolute Gasteiger partial charge is 0.497 e. The lowest BCUT2D eigenvalue weighted by atomic mass is 10.0. The van der Waals surface area contributed by atoms with Gasteiger partial charge >= 0.3 is 0 Å². The first kappa shape index (κ1) is 18.6. The molecule has 0 aliphatic carbocycles. The molecule has 22 heavy (non-hydrogen) atoms. The molecule has 0 aromatic heterocycles. The molecule has 1 unspecified atom stereocenters. The lowest BCUT2D eigenvalue weighted by Crippen LogP contribution is -2.23. The summed E-state index contributed by atoms with van der Waals surface area (Å²) in [5.74, 6) is 2.25. The van der Waals surface area contributed by atoms with Gasteiger partial charge in [-0.3, -0.25) is 4.79 Å². The zero-order valence-electron chi connectivity index (χ0n) is 13.2. The van der Waals surface area contributed by atoms with E-state index in [-0.39, 0.29) is 18.3 Å². The highest BCUT2D eigenvalue weighted by atomic mass is 35.5. The van der Waals surface area contributed by atoms with Crippen LogP contribution in [0, 0.1) is 5.92 Å². The molecule has 1 aliphatic heterocycles. The van der Waals surface area contributed by atoms with Crippen LogP contribution in [0.1, 0.15) is 24.8 Å². The lowest BCUT2D eigenvalue weighted by molar-refractivity contribution is -0.121. The maximum absolute atomic E-state index is 11.9. The normalized spacial score (nSPS) is 16.7. The first-order valence-corrected chi connectivity index (χ1v) is 7.41. The van der Waals surface area contributed by atoms with Crippen molar-refractivity contribution < 1.29 is 14.3 Å². The Hall–Kier alpha value is -1.46. The van der Waals surface area contributed by atoms with Crippen molar-refractivity contribution in [2.75, 3.05) is 27.3 Å². The number of halogens is 1. The second-order valence-corrected chi connectivity index (χ2v) is 5.35. The van der Waals surface area contributed by atoms with E-state index in [9.17, 15) is 4.79 Å². The first-order chi connectivity index (χ1) is 10.2. The summed E-state index contributed by atoms with van der Waals surface area (Å²) in [4.78, 5) is 11.9. The van der Waals surface area contributed by atoms with Crippen LogP contribution in [0.2, 0.25) is 0 Å². The molecule has 1 atom stereocenters. The van der Waals surface area contributed by atoms with E-state index < -0.39 is 0 Å². The van der Waals surface area contributed by atoms with Gasteiger partial charge in [-0.1, -0.05) is 0 Å². The Kier molecular flexibility index (Phi) is 8.06. The number of ether oxygens (including phenoxy) is 2. The zero-order chi connectivity index (χ0) is 15.1. The van der Waals surface area contributed by atoms with Crippen molar-refractivity contribution in [3.8, 4) is 11.5 Å². The molecule has 0 radical (unpaired) electrons.